The minimum absolute atomic E-state index is 0.310. The van der Waals surface area contributed by atoms with Crippen LogP contribution in [0.2, 0.25) is 10.0 Å². The lowest BCUT2D eigenvalue weighted by molar-refractivity contribution is 0.396. The lowest BCUT2D eigenvalue weighted by Crippen LogP contribution is -1.92. The molecule has 0 aliphatic rings. The molecule has 0 fully saturated rings. The first kappa shape index (κ1) is 12.1. The van der Waals surface area contributed by atoms with Gasteiger partial charge in [-0.1, -0.05) is 23.2 Å². The number of hydrogen-bond acceptors (Lipinski definition) is 2. The zero-order chi connectivity index (χ0) is 12.4. The number of nitrogens with zero attached hydrogens (tertiary/aromatic N) is 1. The van der Waals surface area contributed by atoms with Crippen LogP contribution < -0.4 is 4.74 Å². The highest BCUT2D eigenvalue weighted by molar-refractivity contribution is 6.35. The summed E-state index contributed by atoms with van der Waals surface area (Å²) in [7, 11) is 1.46. The summed E-state index contributed by atoms with van der Waals surface area (Å²) in [6.07, 6.45) is 1.09. The van der Waals surface area contributed by atoms with Gasteiger partial charge in [0.25, 0.3) is 0 Å². The molecule has 1 aromatic carbocycles. The summed E-state index contributed by atoms with van der Waals surface area (Å²) in [5.74, 6) is -0.160. The third-order valence-corrected chi connectivity index (χ3v) is 2.82. The lowest BCUT2D eigenvalue weighted by atomic mass is 10.1. The van der Waals surface area contributed by atoms with Crippen molar-refractivity contribution in [1.29, 1.82) is 0 Å². The first-order valence-corrected chi connectivity index (χ1v) is 5.52. The number of hydrogen-bond donors (Lipinski definition) is 0. The van der Waals surface area contributed by atoms with Crippen LogP contribution in [0.1, 0.15) is 0 Å². The first-order chi connectivity index (χ1) is 8.11. The number of halogens is 3. The molecular weight excluding hydrogens is 264 g/mol. The standard InChI is InChI=1S/C12H8Cl2FNO/c1-17-12-5-9(11(15)6-16-12)8-4-7(13)2-3-10(8)14/h2-6H,1H3. The van der Waals surface area contributed by atoms with Gasteiger partial charge in [0.2, 0.25) is 5.88 Å². The highest BCUT2D eigenvalue weighted by Crippen LogP contribution is 2.33. The highest BCUT2D eigenvalue weighted by Gasteiger charge is 2.11. The van der Waals surface area contributed by atoms with E-state index in [9.17, 15) is 4.39 Å². The van der Waals surface area contributed by atoms with Gasteiger partial charge < -0.3 is 4.74 Å². The summed E-state index contributed by atoms with van der Waals surface area (Å²) < 4.78 is 18.6. The average Bonchev–Trinajstić information content (AvgIpc) is 2.33. The highest BCUT2D eigenvalue weighted by atomic mass is 35.5. The van der Waals surface area contributed by atoms with E-state index in [2.05, 4.69) is 4.98 Å². The van der Waals surface area contributed by atoms with Crippen molar-refractivity contribution in [3.63, 3.8) is 0 Å². The zero-order valence-corrected chi connectivity index (χ0v) is 10.4. The molecule has 17 heavy (non-hydrogen) atoms. The monoisotopic (exact) mass is 271 g/mol. The van der Waals surface area contributed by atoms with Crippen LogP contribution in [0.4, 0.5) is 4.39 Å². The second kappa shape index (κ2) is 4.90. The van der Waals surface area contributed by atoms with Gasteiger partial charge >= 0.3 is 0 Å². The smallest absolute Gasteiger partial charge is 0.213 e. The van der Waals surface area contributed by atoms with E-state index >= 15 is 0 Å². The van der Waals surface area contributed by atoms with Crippen LogP contribution in [0.3, 0.4) is 0 Å². The van der Waals surface area contributed by atoms with E-state index in [1.54, 1.807) is 18.2 Å². The van der Waals surface area contributed by atoms with Gasteiger partial charge in [0.15, 0.2) is 0 Å². The van der Waals surface area contributed by atoms with Crippen LogP contribution in [0.15, 0.2) is 30.5 Å². The van der Waals surface area contributed by atoms with Crippen LogP contribution >= 0.6 is 23.2 Å². The predicted octanol–water partition coefficient (Wildman–Crippen LogP) is 4.20. The van der Waals surface area contributed by atoms with Crippen molar-refractivity contribution >= 4 is 23.2 Å². The summed E-state index contributed by atoms with van der Waals surface area (Å²) in [6, 6.07) is 6.34. The van der Waals surface area contributed by atoms with E-state index in [0.29, 0.717) is 27.1 Å². The van der Waals surface area contributed by atoms with Gasteiger partial charge in [0.1, 0.15) is 5.82 Å². The molecular formula is C12H8Cl2FNO. The Bertz CT molecular complexity index is 560. The maximum atomic E-state index is 13.7. The second-order valence-electron chi connectivity index (χ2n) is 3.33. The molecule has 0 saturated carbocycles. The number of methoxy groups -OCH3 is 1. The van der Waals surface area contributed by atoms with Crippen molar-refractivity contribution in [3.05, 3.63) is 46.3 Å². The quantitative estimate of drug-likeness (QED) is 0.817. The van der Waals surface area contributed by atoms with Gasteiger partial charge in [-0.25, -0.2) is 9.37 Å². The molecule has 2 nitrogen and oxygen atoms in total. The van der Waals surface area contributed by atoms with Gasteiger partial charge in [0, 0.05) is 27.2 Å². The van der Waals surface area contributed by atoms with E-state index in [0.717, 1.165) is 6.20 Å². The van der Waals surface area contributed by atoms with Gasteiger partial charge in [-0.05, 0) is 18.2 Å². The van der Waals surface area contributed by atoms with E-state index < -0.39 is 5.82 Å². The molecule has 2 rings (SSSR count). The minimum atomic E-state index is -0.477. The molecule has 2 aromatic rings. The van der Waals surface area contributed by atoms with Crippen LogP contribution in [-0.4, -0.2) is 12.1 Å². The molecule has 0 amide bonds. The Hall–Kier alpha value is -1.32. The van der Waals surface area contributed by atoms with Crippen LogP contribution in [0.5, 0.6) is 5.88 Å². The first-order valence-electron chi connectivity index (χ1n) is 4.77. The molecule has 0 aliphatic carbocycles. The van der Waals surface area contributed by atoms with E-state index in [1.165, 1.54) is 13.2 Å². The third-order valence-electron chi connectivity index (χ3n) is 2.26. The van der Waals surface area contributed by atoms with Crippen molar-refractivity contribution in [2.75, 3.05) is 7.11 Å². The van der Waals surface area contributed by atoms with Crippen LogP contribution in [0, 0.1) is 5.82 Å². The Kier molecular flexibility index (Phi) is 3.50. The number of pyridine rings is 1. The average molecular weight is 272 g/mol. The zero-order valence-electron chi connectivity index (χ0n) is 8.88. The van der Waals surface area contributed by atoms with E-state index in [4.69, 9.17) is 27.9 Å². The van der Waals surface area contributed by atoms with Crippen molar-refractivity contribution in [1.82, 2.24) is 4.98 Å². The molecule has 0 bridgehead atoms. The largest absolute Gasteiger partial charge is 0.481 e. The molecule has 0 unspecified atom stereocenters. The second-order valence-corrected chi connectivity index (χ2v) is 4.17. The van der Waals surface area contributed by atoms with E-state index in [-0.39, 0.29) is 0 Å². The Morgan fingerprint density at radius 1 is 1.18 bits per heavy atom. The maximum Gasteiger partial charge on any atom is 0.213 e. The Morgan fingerprint density at radius 2 is 1.94 bits per heavy atom. The summed E-state index contributed by atoms with van der Waals surface area (Å²) in [6.45, 7) is 0. The topological polar surface area (TPSA) is 22.1 Å². The summed E-state index contributed by atoms with van der Waals surface area (Å²) in [4.78, 5) is 3.76. The van der Waals surface area contributed by atoms with Crippen LogP contribution in [0.25, 0.3) is 11.1 Å². The van der Waals surface area contributed by atoms with Crippen molar-refractivity contribution in [3.8, 4) is 17.0 Å². The Balaban J connectivity index is 2.62. The van der Waals surface area contributed by atoms with Gasteiger partial charge in [-0.3, -0.25) is 0 Å². The number of aromatic nitrogens is 1. The molecule has 0 aliphatic heterocycles. The van der Waals surface area contributed by atoms with E-state index in [1.807, 2.05) is 0 Å². The SMILES string of the molecule is COc1cc(-c2cc(Cl)ccc2Cl)c(F)cn1. The van der Waals surface area contributed by atoms with Gasteiger partial charge in [-0.15, -0.1) is 0 Å². The van der Waals surface area contributed by atoms with Crippen molar-refractivity contribution < 1.29 is 9.13 Å². The normalized spacial score (nSPS) is 10.4. The molecule has 1 aromatic heterocycles. The van der Waals surface area contributed by atoms with Gasteiger partial charge in [-0.2, -0.15) is 0 Å². The molecule has 0 radical (unpaired) electrons. The number of benzene rings is 1. The maximum absolute atomic E-state index is 13.7. The molecule has 1 heterocycles. The molecule has 0 N–H and O–H groups in total. The third kappa shape index (κ3) is 2.51. The molecule has 0 atom stereocenters. The van der Waals surface area contributed by atoms with Gasteiger partial charge in [0.05, 0.1) is 13.3 Å². The van der Waals surface area contributed by atoms with Crippen LogP contribution in [-0.2, 0) is 0 Å². The van der Waals surface area contributed by atoms with Crippen molar-refractivity contribution in [2.24, 2.45) is 0 Å². The fraction of sp³-hybridized carbons (Fsp3) is 0.0833. The fourth-order valence-electron chi connectivity index (χ4n) is 1.44. The lowest BCUT2D eigenvalue weighted by Gasteiger charge is -2.07. The molecule has 88 valence electrons. The summed E-state index contributed by atoms with van der Waals surface area (Å²) in [5.41, 5.74) is 0.821. The Labute approximate surface area is 108 Å². The Morgan fingerprint density at radius 3 is 2.65 bits per heavy atom. The summed E-state index contributed by atoms with van der Waals surface area (Å²) >= 11 is 11.9. The molecule has 5 heteroatoms. The fourth-order valence-corrected chi connectivity index (χ4v) is 1.83. The van der Waals surface area contributed by atoms with Crippen molar-refractivity contribution in [2.45, 2.75) is 0 Å². The number of rotatable bonds is 2. The molecule has 0 spiro atoms. The summed E-state index contributed by atoms with van der Waals surface area (Å²) in [5, 5.41) is 0.904. The minimum Gasteiger partial charge on any atom is -0.481 e. The number of ether oxygens (including phenoxy) is 1. The predicted molar refractivity (Wildman–Crippen MR) is 66.2 cm³/mol. The molecule has 0 saturated heterocycles.